The van der Waals surface area contributed by atoms with Crippen LogP contribution in [0.2, 0.25) is 0 Å². The maximum absolute atomic E-state index is 12.8. The van der Waals surface area contributed by atoms with Crippen LogP contribution < -0.4 is 16.0 Å². The molecule has 0 spiro atoms. The summed E-state index contributed by atoms with van der Waals surface area (Å²) in [6.45, 7) is 2.32. The molecule has 2 rings (SSSR count). The molecule has 5 nitrogen and oxygen atoms in total. The fourth-order valence-corrected chi connectivity index (χ4v) is 2.33. The summed E-state index contributed by atoms with van der Waals surface area (Å²) in [6.07, 6.45) is -4.23. The van der Waals surface area contributed by atoms with Gasteiger partial charge in [0.2, 0.25) is 5.91 Å². The molecule has 0 aliphatic rings. The van der Waals surface area contributed by atoms with Gasteiger partial charge in [-0.1, -0.05) is 12.1 Å². The molecule has 0 aliphatic heterocycles. The van der Waals surface area contributed by atoms with Gasteiger partial charge in [-0.3, -0.25) is 9.59 Å². The van der Waals surface area contributed by atoms with Crippen molar-refractivity contribution in [2.24, 2.45) is 0 Å². The zero-order valence-electron chi connectivity index (χ0n) is 14.9. The molecule has 0 fully saturated rings. The van der Waals surface area contributed by atoms with Gasteiger partial charge in [-0.25, -0.2) is 0 Å². The Bertz CT molecular complexity index is 835. The first-order valence-electron chi connectivity index (χ1n) is 8.24. The molecule has 0 aromatic heterocycles. The summed E-state index contributed by atoms with van der Waals surface area (Å²) < 4.78 is 38.4. The van der Waals surface area contributed by atoms with Crippen molar-refractivity contribution in [1.29, 1.82) is 0 Å². The Hall–Kier alpha value is -2.87. The lowest BCUT2D eigenvalue weighted by Crippen LogP contribution is -2.19. The van der Waals surface area contributed by atoms with Gasteiger partial charge < -0.3 is 16.0 Å². The number of hydrogen-bond donors (Lipinski definition) is 3. The van der Waals surface area contributed by atoms with Crippen molar-refractivity contribution in [3.05, 3.63) is 59.2 Å². The molecule has 3 N–H and O–H groups in total. The minimum atomic E-state index is -4.52. The second kappa shape index (κ2) is 8.68. The second-order valence-corrected chi connectivity index (χ2v) is 5.96. The van der Waals surface area contributed by atoms with Crippen LogP contribution in [0, 0.1) is 6.92 Å². The number of benzene rings is 2. The van der Waals surface area contributed by atoms with E-state index in [1.807, 2.05) is 0 Å². The Kier molecular flexibility index (Phi) is 6.57. The fraction of sp³-hybridized carbons (Fsp3) is 0.263. The van der Waals surface area contributed by atoms with Crippen molar-refractivity contribution in [1.82, 2.24) is 5.32 Å². The third-order valence-corrected chi connectivity index (χ3v) is 3.82. The van der Waals surface area contributed by atoms with Crippen LogP contribution in [-0.4, -0.2) is 25.4 Å². The van der Waals surface area contributed by atoms with Gasteiger partial charge in [0.25, 0.3) is 5.91 Å². The van der Waals surface area contributed by atoms with Gasteiger partial charge in [0.05, 0.1) is 5.56 Å². The molecule has 0 saturated carbocycles. The topological polar surface area (TPSA) is 70.2 Å². The number of carbonyl (C=O) groups is 2. The molecule has 0 atom stereocenters. The van der Waals surface area contributed by atoms with Crippen molar-refractivity contribution in [2.75, 3.05) is 24.2 Å². The highest BCUT2D eigenvalue weighted by molar-refractivity contribution is 6.05. The summed E-state index contributed by atoms with van der Waals surface area (Å²) in [4.78, 5) is 24.1. The first kappa shape index (κ1) is 20.4. The quantitative estimate of drug-likeness (QED) is 0.715. The Morgan fingerprint density at radius 1 is 1.04 bits per heavy atom. The Labute approximate surface area is 155 Å². The van der Waals surface area contributed by atoms with Gasteiger partial charge in [0.15, 0.2) is 0 Å². The number of nitrogens with one attached hydrogen (secondary N) is 3. The zero-order chi connectivity index (χ0) is 20.0. The lowest BCUT2D eigenvalue weighted by molar-refractivity contribution is -0.137. The van der Waals surface area contributed by atoms with Crippen LogP contribution >= 0.6 is 0 Å². The van der Waals surface area contributed by atoms with Crippen molar-refractivity contribution in [3.63, 3.8) is 0 Å². The summed E-state index contributed by atoms with van der Waals surface area (Å²) >= 11 is 0. The third-order valence-electron chi connectivity index (χ3n) is 3.82. The van der Waals surface area contributed by atoms with Crippen LogP contribution in [0.3, 0.4) is 0 Å². The molecule has 0 aliphatic carbocycles. The highest BCUT2D eigenvalue weighted by atomic mass is 19.4. The molecule has 2 amide bonds. The van der Waals surface area contributed by atoms with Gasteiger partial charge in [-0.2, -0.15) is 13.2 Å². The van der Waals surface area contributed by atoms with Crippen molar-refractivity contribution in [3.8, 4) is 0 Å². The zero-order valence-corrected chi connectivity index (χ0v) is 14.9. The van der Waals surface area contributed by atoms with Gasteiger partial charge in [-0.05, 0) is 49.9 Å². The van der Waals surface area contributed by atoms with Gasteiger partial charge >= 0.3 is 6.18 Å². The molecular weight excluding hydrogens is 359 g/mol. The van der Waals surface area contributed by atoms with E-state index >= 15 is 0 Å². The van der Waals surface area contributed by atoms with E-state index in [9.17, 15) is 22.8 Å². The summed E-state index contributed by atoms with van der Waals surface area (Å²) in [5, 5.41) is 8.17. The Morgan fingerprint density at radius 3 is 2.44 bits per heavy atom. The molecular formula is C19H20F3N3O2. The van der Waals surface area contributed by atoms with Crippen LogP contribution in [0.5, 0.6) is 0 Å². The number of rotatable bonds is 6. The van der Waals surface area contributed by atoms with E-state index < -0.39 is 17.6 Å². The predicted octanol–water partition coefficient (Wildman–Crippen LogP) is 3.81. The monoisotopic (exact) mass is 379 g/mol. The first-order valence-corrected chi connectivity index (χ1v) is 8.24. The van der Waals surface area contributed by atoms with Crippen LogP contribution in [0.4, 0.5) is 24.5 Å². The molecule has 27 heavy (non-hydrogen) atoms. The number of anilines is 2. The van der Waals surface area contributed by atoms with Gasteiger partial charge in [0, 0.05) is 29.9 Å². The number of hydrogen-bond acceptors (Lipinski definition) is 3. The Balaban J connectivity index is 2.14. The SMILES string of the molecule is CNCCC(=O)Nc1cc(NC(=O)c2cccc(C(F)(F)F)c2)ccc1C. The minimum Gasteiger partial charge on any atom is -0.326 e. The van der Waals surface area contributed by atoms with Crippen molar-refractivity contribution in [2.45, 2.75) is 19.5 Å². The van der Waals surface area contributed by atoms with E-state index in [4.69, 9.17) is 0 Å². The van der Waals surface area contributed by atoms with E-state index in [1.54, 1.807) is 32.2 Å². The van der Waals surface area contributed by atoms with Crippen LogP contribution in [-0.2, 0) is 11.0 Å². The summed E-state index contributed by atoms with van der Waals surface area (Å²) in [5.41, 5.74) is 0.691. The molecule has 0 saturated heterocycles. The molecule has 0 heterocycles. The molecule has 8 heteroatoms. The summed E-state index contributed by atoms with van der Waals surface area (Å²) in [5.74, 6) is -0.855. The van der Waals surface area contributed by atoms with E-state index in [0.29, 0.717) is 17.9 Å². The van der Waals surface area contributed by atoms with E-state index in [0.717, 1.165) is 17.7 Å². The highest BCUT2D eigenvalue weighted by Gasteiger charge is 2.30. The van der Waals surface area contributed by atoms with Crippen LogP contribution in [0.1, 0.15) is 27.9 Å². The fourth-order valence-electron chi connectivity index (χ4n) is 2.33. The Morgan fingerprint density at radius 2 is 1.78 bits per heavy atom. The van der Waals surface area contributed by atoms with E-state index in [1.165, 1.54) is 12.1 Å². The summed E-state index contributed by atoms with van der Waals surface area (Å²) in [7, 11) is 1.74. The lowest BCUT2D eigenvalue weighted by atomic mass is 10.1. The van der Waals surface area contributed by atoms with Crippen LogP contribution in [0.15, 0.2) is 42.5 Å². The average Bonchev–Trinajstić information content (AvgIpc) is 2.62. The van der Waals surface area contributed by atoms with Crippen molar-refractivity contribution >= 4 is 23.2 Å². The summed E-state index contributed by atoms with van der Waals surface area (Å²) in [6, 6.07) is 9.07. The molecule has 0 unspecified atom stereocenters. The molecule has 0 radical (unpaired) electrons. The van der Waals surface area contributed by atoms with E-state index in [2.05, 4.69) is 16.0 Å². The average molecular weight is 379 g/mol. The minimum absolute atomic E-state index is 0.106. The molecule has 2 aromatic carbocycles. The lowest BCUT2D eigenvalue weighted by Gasteiger charge is -2.12. The first-order chi connectivity index (χ1) is 12.7. The van der Waals surface area contributed by atoms with Crippen molar-refractivity contribution < 1.29 is 22.8 Å². The largest absolute Gasteiger partial charge is 0.416 e. The number of amides is 2. The van der Waals surface area contributed by atoms with E-state index in [-0.39, 0.29) is 17.9 Å². The third kappa shape index (κ3) is 5.82. The smallest absolute Gasteiger partial charge is 0.326 e. The standard InChI is InChI=1S/C19H20F3N3O2/c1-12-6-7-15(11-16(12)25-17(26)8-9-23-2)24-18(27)13-4-3-5-14(10-13)19(20,21)22/h3-7,10-11,23H,8-9H2,1-2H3,(H,24,27)(H,25,26). The molecule has 0 bridgehead atoms. The second-order valence-electron chi connectivity index (χ2n) is 5.96. The number of alkyl halides is 3. The van der Waals surface area contributed by atoms with Crippen LogP contribution in [0.25, 0.3) is 0 Å². The number of carbonyl (C=O) groups excluding carboxylic acids is 2. The van der Waals surface area contributed by atoms with Gasteiger partial charge in [0.1, 0.15) is 0 Å². The molecule has 144 valence electrons. The van der Waals surface area contributed by atoms with Gasteiger partial charge in [-0.15, -0.1) is 0 Å². The molecule has 2 aromatic rings. The number of aryl methyl sites for hydroxylation is 1. The normalized spacial score (nSPS) is 11.1. The predicted molar refractivity (Wildman–Crippen MR) is 97.7 cm³/mol. The maximum Gasteiger partial charge on any atom is 0.416 e. The highest BCUT2D eigenvalue weighted by Crippen LogP contribution is 2.29. The maximum atomic E-state index is 12.8. The number of halogens is 3.